The van der Waals surface area contributed by atoms with Crippen molar-refractivity contribution in [2.24, 2.45) is 0 Å². The lowest BCUT2D eigenvalue weighted by Crippen LogP contribution is -2.31. The maximum absolute atomic E-state index is 12.0. The molecule has 128 valence electrons. The number of nitrogens with zero attached hydrogens (tertiary/aromatic N) is 3. The second kappa shape index (κ2) is 8.09. The predicted octanol–water partition coefficient (Wildman–Crippen LogP) is 1.70. The molecule has 0 saturated heterocycles. The van der Waals surface area contributed by atoms with Crippen LogP contribution in [-0.4, -0.2) is 59.2 Å². The lowest BCUT2D eigenvalue weighted by molar-refractivity contribution is -0.174. The number of aromatic nitrogens is 2. The molecule has 0 atom stereocenters. The molecule has 2 aromatic rings. The van der Waals surface area contributed by atoms with Gasteiger partial charge in [0.25, 0.3) is 0 Å². The van der Waals surface area contributed by atoms with E-state index in [0.717, 1.165) is 0 Å². The maximum atomic E-state index is 12.0. The zero-order chi connectivity index (χ0) is 16.7. The van der Waals surface area contributed by atoms with E-state index in [1.807, 2.05) is 0 Å². The molecule has 0 aliphatic rings. The summed E-state index contributed by atoms with van der Waals surface area (Å²) >= 11 is 0. The molecule has 7 nitrogen and oxygen atoms in total. The summed E-state index contributed by atoms with van der Waals surface area (Å²) in [7, 11) is 0. The van der Waals surface area contributed by atoms with Crippen molar-refractivity contribution in [1.29, 1.82) is 0 Å². The van der Waals surface area contributed by atoms with E-state index in [1.54, 1.807) is 11.0 Å². The highest BCUT2D eigenvalue weighted by Gasteiger charge is 2.27. The zero-order valence-corrected chi connectivity index (χ0v) is 12.1. The number of ether oxygens (including phenoxy) is 1. The normalized spacial score (nSPS) is 12.2. The molecule has 0 aromatic carbocycles. The second-order valence-corrected chi connectivity index (χ2v) is 4.69. The van der Waals surface area contributed by atoms with Crippen LogP contribution in [0.15, 0.2) is 27.5 Å². The van der Waals surface area contributed by atoms with Crippen molar-refractivity contribution in [3.63, 3.8) is 0 Å². The molecule has 0 amide bonds. The first-order valence-corrected chi connectivity index (χ1v) is 6.81. The Kier molecular flexibility index (Phi) is 6.13. The molecule has 0 fully saturated rings. The van der Waals surface area contributed by atoms with Crippen molar-refractivity contribution in [2.75, 3.05) is 32.9 Å². The van der Waals surface area contributed by atoms with Crippen molar-refractivity contribution in [3.8, 4) is 11.4 Å². The van der Waals surface area contributed by atoms with Gasteiger partial charge < -0.3 is 18.8 Å². The van der Waals surface area contributed by atoms with Crippen LogP contribution in [0.5, 0.6) is 0 Å². The third-order valence-electron chi connectivity index (χ3n) is 2.84. The first kappa shape index (κ1) is 17.4. The summed E-state index contributed by atoms with van der Waals surface area (Å²) in [6.07, 6.45) is -1.42. The summed E-state index contributed by atoms with van der Waals surface area (Å²) in [5.41, 5.74) is 0.655. The van der Waals surface area contributed by atoms with E-state index in [0.29, 0.717) is 11.4 Å². The topological polar surface area (TPSA) is 84.8 Å². The molecule has 0 radical (unpaired) electrons. The molecule has 0 unspecified atom stereocenters. The number of aliphatic hydroxyl groups is 1. The Labute approximate surface area is 129 Å². The van der Waals surface area contributed by atoms with Gasteiger partial charge >= 0.3 is 6.18 Å². The number of aliphatic hydroxyl groups excluding tert-OH is 1. The van der Waals surface area contributed by atoms with E-state index in [4.69, 9.17) is 14.0 Å². The lowest BCUT2D eigenvalue weighted by atomic mass is 10.3. The first-order chi connectivity index (χ1) is 11.0. The fourth-order valence-corrected chi connectivity index (χ4v) is 1.81. The first-order valence-electron chi connectivity index (χ1n) is 6.81. The average molecular weight is 335 g/mol. The van der Waals surface area contributed by atoms with E-state index in [-0.39, 0.29) is 38.7 Å². The van der Waals surface area contributed by atoms with Crippen LogP contribution < -0.4 is 0 Å². The molecule has 0 saturated carbocycles. The summed E-state index contributed by atoms with van der Waals surface area (Å²) in [4.78, 5) is 5.82. The lowest BCUT2D eigenvalue weighted by Gasteiger charge is -2.19. The molecular weight excluding hydrogens is 319 g/mol. The summed E-state index contributed by atoms with van der Waals surface area (Å²) < 4.78 is 50.5. The molecule has 2 rings (SSSR count). The monoisotopic (exact) mass is 335 g/mol. The standard InChI is InChI=1S/C13H16F3N3O4/c14-13(15,16)9-22-6-3-19(2-4-20)7-11-17-12(18-23-11)10-1-5-21-8-10/h1,5,8,20H,2-4,6-7,9H2. The molecule has 2 aromatic heterocycles. The van der Waals surface area contributed by atoms with Crippen LogP contribution in [0, 0.1) is 0 Å². The van der Waals surface area contributed by atoms with Crippen LogP contribution in [-0.2, 0) is 11.3 Å². The van der Waals surface area contributed by atoms with Gasteiger partial charge in [-0.2, -0.15) is 18.2 Å². The molecule has 0 aliphatic heterocycles. The van der Waals surface area contributed by atoms with Crippen molar-refractivity contribution in [2.45, 2.75) is 12.7 Å². The van der Waals surface area contributed by atoms with E-state index in [9.17, 15) is 13.2 Å². The SMILES string of the molecule is OCCN(CCOCC(F)(F)F)Cc1nc(-c2ccoc2)no1. The number of furan rings is 1. The third kappa shape index (κ3) is 6.00. The zero-order valence-electron chi connectivity index (χ0n) is 12.1. The highest BCUT2D eigenvalue weighted by Crippen LogP contribution is 2.17. The van der Waals surface area contributed by atoms with E-state index in [2.05, 4.69) is 14.9 Å². The van der Waals surface area contributed by atoms with Crippen LogP contribution in [0.2, 0.25) is 0 Å². The van der Waals surface area contributed by atoms with Crippen molar-refractivity contribution >= 4 is 0 Å². The van der Waals surface area contributed by atoms with Crippen LogP contribution >= 0.6 is 0 Å². The second-order valence-electron chi connectivity index (χ2n) is 4.69. The predicted molar refractivity (Wildman–Crippen MR) is 71.2 cm³/mol. The maximum Gasteiger partial charge on any atom is 0.411 e. The highest BCUT2D eigenvalue weighted by atomic mass is 19.4. The molecule has 0 spiro atoms. The van der Waals surface area contributed by atoms with Crippen molar-refractivity contribution in [1.82, 2.24) is 15.0 Å². The molecule has 1 N–H and O–H groups in total. The largest absolute Gasteiger partial charge is 0.472 e. The minimum atomic E-state index is -4.35. The summed E-state index contributed by atoms with van der Waals surface area (Å²) in [5.74, 6) is 0.636. The Morgan fingerprint density at radius 2 is 2.13 bits per heavy atom. The quantitative estimate of drug-likeness (QED) is 0.698. The van der Waals surface area contributed by atoms with Gasteiger partial charge in [0.05, 0.1) is 31.6 Å². The third-order valence-corrected chi connectivity index (χ3v) is 2.84. The Morgan fingerprint density at radius 3 is 2.78 bits per heavy atom. The molecule has 0 aliphatic carbocycles. The number of halogens is 3. The van der Waals surface area contributed by atoms with Gasteiger partial charge in [-0.25, -0.2) is 0 Å². The Balaban J connectivity index is 1.84. The number of rotatable bonds is 9. The molecule has 0 bridgehead atoms. The molecule has 2 heterocycles. The van der Waals surface area contributed by atoms with Crippen LogP contribution in [0.1, 0.15) is 5.89 Å². The number of hydrogen-bond donors (Lipinski definition) is 1. The number of hydrogen-bond acceptors (Lipinski definition) is 7. The van der Waals surface area contributed by atoms with Gasteiger partial charge in [-0.05, 0) is 6.07 Å². The minimum Gasteiger partial charge on any atom is -0.472 e. The molecule has 10 heteroatoms. The van der Waals surface area contributed by atoms with Crippen LogP contribution in [0.3, 0.4) is 0 Å². The van der Waals surface area contributed by atoms with E-state index >= 15 is 0 Å². The fourth-order valence-electron chi connectivity index (χ4n) is 1.81. The van der Waals surface area contributed by atoms with Gasteiger partial charge in [0, 0.05) is 13.1 Å². The van der Waals surface area contributed by atoms with E-state index < -0.39 is 12.8 Å². The average Bonchev–Trinajstić information content (AvgIpc) is 3.13. The Morgan fingerprint density at radius 1 is 1.30 bits per heavy atom. The van der Waals surface area contributed by atoms with Crippen molar-refractivity contribution in [3.05, 3.63) is 24.5 Å². The van der Waals surface area contributed by atoms with Gasteiger partial charge in [0.1, 0.15) is 12.9 Å². The van der Waals surface area contributed by atoms with Gasteiger partial charge in [0.2, 0.25) is 11.7 Å². The smallest absolute Gasteiger partial charge is 0.411 e. The van der Waals surface area contributed by atoms with Gasteiger partial charge in [-0.1, -0.05) is 5.16 Å². The summed E-state index contributed by atoms with van der Waals surface area (Å²) in [6, 6.07) is 1.67. The van der Waals surface area contributed by atoms with Crippen molar-refractivity contribution < 1.29 is 32.0 Å². The van der Waals surface area contributed by atoms with Gasteiger partial charge in [-0.15, -0.1) is 0 Å². The van der Waals surface area contributed by atoms with Gasteiger partial charge in [-0.3, -0.25) is 4.90 Å². The number of alkyl halides is 3. The Hall–Kier alpha value is -1.91. The molecular formula is C13H16F3N3O4. The molecule has 23 heavy (non-hydrogen) atoms. The van der Waals surface area contributed by atoms with Crippen LogP contribution in [0.25, 0.3) is 11.4 Å². The highest BCUT2D eigenvalue weighted by molar-refractivity contribution is 5.51. The minimum absolute atomic E-state index is 0.123. The van der Waals surface area contributed by atoms with Crippen LogP contribution in [0.4, 0.5) is 13.2 Å². The summed E-state index contributed by atoms with van der Waals surface area (Å²) in [5, 5.41) is 12.8. The van der Waals surface area contributed by atoms with Gasteiger partial charge in [0.15, 0.2) is 0 Å². The summed E-state index contributed by atoms with van der Waals surface area (Å²) in [6.45, 7) is -0.935. The fraction of sp³-hybridized carbons (Fsp3) is 0.538. The Bertz CT molecular complexity index is 571. The van der Waals surface area contributed by atoms with E-state index in [1.165, 1.54) is 12.5 Å².